The molecule has 2 aromatic rings. The molecule has 10 heteroatoms. The number of carbonyl (C=O) groups excluding carboxylic acids is 1. The highest BCUT2D eigenvalue weighted by atomic mass is 19.4. The second-order valence-electron chi connectivity index (χ2n) is 5.48. The second kappa shape index (κ2) is 6.99. The topological polar surface area (TPSA) is 95.4 Å². The van der Waals surface area contributed by atoms with E-state index in [2.05, 4.69) is 4.98 Å². The van der Waals surface area contributed by atoms with Crippen molar-refractivity contribution in [2.45, 2.75) is 26.1 Å². The molecule has 2 rings (SSSR count). The molecule has 0 aliphatic heterocycles. The number of nitrogens with one attached hydrogen (secondary N) is 1. The van der Waals surface area contributed by atoms with Crippen LogP contribution < -0.4 is 5.69 Å². The molecule has 1 aromatic heterocycles. The van der Waals surface area contributed by atoms with Gasteiger partial charge in [0.1, 0.15) is 13.1 Å². The molecule has 0 saturated carbocycles. The molecule has 1 aromatic carbocycles. The molecule has 1 heterocycles. The molecule has 7 nitrogen and oxygen atoms in total. The van der Waals surface area contributed by atoms with Gasteiger partial charge in [-0.3, -0.25) is 14.2 Å². The fourth-order valence-electron chi connectivity index (χ4n) is 2.50. The van der Waals surface area contributed by atoms with Crippen molar-refractivity contribution >= 4 is 22.9 Å². The summed E-state index contributed by atoms with van der Waals surface area (Å²) in [4.78, 5) is 38.4. The first-order chi connectivity index (χ1) is 11.6. The maximum absolute atomic E-state index is 12.6. The largest absolute Gasteiger partial charge is 0.480 e. The first-order valence-electron chi connectivity index (χ1n) is 7.42. The van der Waals surface area contributed by atoms with Gasteiger partial charge in [0.2, 0.25) is 0 Å². The van der Waals surface area contributed by atoms with E-state index in [9.17, 15) is 27.6 Å². The van der Waals surface area contributed by atoms with E-state index in [0.29, 0.717) is 11.0 Å². The number of alkyl halides is 3. The van der Waals surface area contributed by atoms with Crippen molar-refractivity contribution in [3.8, 4) is 0 Å². The maximum atomic E-state index is 12.6. The molecule has 0 radical (unpaired) electrons. The molecule has 136 valence electrons. The van der Waals surface area contributed by atoms with Gasteiger partial charge in [0.15, 0.2) is 0 Å². The van der Waals surface area contributed by atoms with Crippen LogP contribution >= 0.6 is 0 Å². The Morgan fingerprint density at radius 2 is 2.00 bits per heavy atom. The number of hydrogen-bond donors (Lipinski definition) is 2. The molecule has 25 heavy (non-hydrogen) atoms. The van der Waals surface area contributed by atoms with Gasteiger partial charge in [-0.15, -0.1) is 0 Å². The third-order valence-corrected chi connectivity index (χ3v) is 3.47. The summed E-state index contributed by atoms with van der Waals surface area (Å²) in [5, 5.41) is 8.87. The molecular weight excluding hydrogens is 343 g/mol. The van der Waals surface area contributed by atoms with Crippen molar-refractivity contribution in [3.05, 3.63) is 34.2 Å². The van der Waals surface area contributed by atoms with Gasteiger partial charge in [-0.05, 0) is 24.6 Å². The minimum atomic E-state index is -4.56. The van der Waals surface area contributed by atoms with Crippen LogP contribution in [0, 0.1) is 0 Å². The summed E-state index contributed by atoms with van der Waals surface area (Å²) in [6, 6.07) is 3.75. The first-order valence-corrected chi connectivity index (χ1v) is 7.42. The van der Waals surface area contributed by atoms with Crippen LogP contribution in [0.3, 0.4) is 0 Å². The van der Waals surface area contributed by atoms with Crippen LogP contribution in [0.4, 0.5) is 13.2 Å². The molecular formula is C15H16F3N3O4. The van der Waals surface area contributed by atoms with Crippen molar-refractivity contribution in [2.75, 3.05) is 13.1 Å². The van der Waals surface area contributed by atoms with Crippen LogP contribution in [0.25, 0.3) is 11.0 Å². The molecule has 0 bridgehead atoms. The average Bonchev–Trinajstić information content (AvgIpc) is 2.79. The van der Waals surface area contributed by atoms with Gasteiger partial charge in [-0.1, -0.05) is 6.92 Å². The third-order valence-electron chi connectivity index (χ3n) is 3.47. The van der Waals surface area contributed by atoms with E-state index >= 15 is 0 Å². The standard InChI is InChI=1S/C15H16F3N3O4/c1-2-5-20(7-12(22)23)13(24)9-3-4-11-10(6-9)19-14(25)21(11)8-15(16,17)18/h3-4,6H,2,5,7-8H2,1H3,(H,19,25)(H,22,23). The monoisotopic (exact) mass is 359 g/mol. The Bertz CT molecular complexity index is 854. The molecule has 0 spiro atoms. The van der Waals surface area contributed by atoms with Gasteiger partial charge in [0, 0.05) is 12.1 Å². The number of amides is 1. The zero-order chi connectivity index (χ0) is 18.8. The number of fused-ring (bicyclic) bond motifs is 1. The number of benzene rings is 1. The molecule has 0 unspecified atom stereocenters. The van der Waals surface area contributed by atoms with Crippen molar-refractivity contribution < 1.29 is 27.9 Å². The number of hydrogen-bond acceptors (Lipinski definition) is 3. The summed E-state index contributed by atoms with van der Waals surface area (Å²) in [5.41, 5.74) is -0.762. The fraction of sp³-hybridized carbons (Fsp3) is 0.400. The van der Waals surface area contributed by atoms with Crippen LogP contribution in [-0.2, 0) is 11.3 Å². The SMILES string of the molecule is CCCN(CC(=O)O)C(=O)c1ccc2c(c1)[nH]c(=O)n2CC(F)(F)F. The lowest BCUT2D eigenvalue weighted by atomic mass is 10.1. The quantitative estimate of drug-likeness (QED) is 0.823. The minimum Gasteiger partial charge on any atom is -0.480 e. The summed E-state index contributed by atoms with van der Waals surface area (Å²) < 4.78 is 38.2. The van der Waals surface area contributed by atoms with E-state index in [4.69, 9.17) is 5.11 Å². The second-order valence-corrected chi connectivity index (χ2v) is 5.48. The van der Waals surface area contributed by atoms with Gasteiger partial charge in [-0.2, -0.15) is 13.2 Å². The first kappa shape index (κ1) is 18.6. The van der Waals surface area contributed by atoms with Crippen LogP contribution in [0.5, 0.6) is 0 Å². The summed E-state index contributed by atoms with van der Waals surface area (Å²) in [7, 11) is 0. The molecule has 2 N–H and O–H groups in total. The van der Waals surface area contributed by atoms with E-state index in [1.165, 1.54) is 18.2 Å². The van der Waals surface area contributed by atoms with Crippen LogP contribution in [0.15, 0.2) is 23.0 Å². The highest BCUT2D eigenvalue weighted by Gasteiger charge is 2.30. The number of carboxylic acids is 1. The number of aromatic amines is 1. The van der Waals surface area contributed by atoms with E-state index in [1.807, 2.05) is 0 Å². The van der Waals surface area contributed by atoms with Crippen molar-refractivity contribution in [2.24, 2.45) is 0 Å². The van der Waals surface area contributed by atoms with Crippen LogP contribution in [0.1, 0.15) is 23.7 Å². The number of carboxylic acid groups (broad SMARTS) is 1. The minimum absolute atomic E-state index is 0.0131. The molecule has 1 amide bonds. The Morgan fingerprint density at radius 1 is 1.32 bits per heavy atom. The highest BCUT2D eigenvalue weighted by molar-refractivity contribution is 5.98. The molecule has 0 atom stereocenters. The number of H-pyrrole nitrogens is 1. The molecule has 0 fully saturated rings. The fourth-order valence-corrected chi connectivity index (χ4v) is 2.50. The summed E-state index contributed by atoms with van der Waals surface area (Å²) in [6.07, 6.45) is -4.02. The Labute approximate surface area is 139 Å². The molecule has 0 saturated heterocycles. The Kier molecular flexibility index (Phi) is 5.19. The lowest BCUT2D eigenvalue weighted by Crippen LogP contribution is -2.36. The number of aliphatic carboxylic acids is 1. The van der Waals surface area contributed by atoms with E-state index < -0.39 is 36.8 Å². The number of imidazole rings is 1. The zero-order valence-electron chi connectivity index (χ0n) is 13.3. The van der Waals surface area contributed by atoms with Gasteiger partial charge in [0.25, 0.3) is 5.91 Å². The van der Waals surface area contributed by atoms with Crippen molar-refractivity contribution in [3.63, 3.8) is 0 Å². The smallest absolute Gasteiger partial charge is 0.406 e. The molecule has 0 aliphatic rings. The summed E-state index contributed by atoms with van der Waals surface area (Å²) in [5.74, 6) is -1.75. The Balaban J connectivity index is 2.39. The number of carbonyl (C=O) groups is 2. The predicted molar refractivity (Wildman–Crippen MR) is 82.4 cm³/mol. The zero-order valence-corrected chi connectivity index (χ0v) is 13.3. The maximum Gasteiger partial charge on any atom is 0.406 e. The summed E-state index contributed by atoms with van der Waals surface area (Å²) in [6.45, 7) is 0.0608. The Morgan fingerprint density at radius 3 is 2.56 bits per heavy atom. The van der Waals surface area contributed by atoms with E-state index in [0.717, 1.165) is 4.90 Å². The van der Waals surface area contributed by atoms with Crippen molar-refractivity contribution in [1.82, 2.24) is 14.5 Å². The van der Waals surface area contributed by atoms with E-state index in [-0.39, 0.29) is 23.1 Å². The Hall–Kier alpha value is -2.78. The molecule has 0 aliphatic carbocycles. The third kappa shape index (κ3) is 4.40. The lowest BCUT2D eigenvalue weighted by Gasteiger charge is -2.20. The highest BCUT2D eigenvalue weighted by Crippen LogP contribution is 2.21. The van der Waals surface area contributed by atoms with Gasteiger partial charge in [-0.25, -0.2) is 4.79 Å². The number of halogens is 3. The number of rotatable bonds is 6. The number of aromatic nitrogens is 2. The van der Waals surface area contributed by atoms with Gasteiger partial charge in [0.05, 0.1) is 11.0 Å². The van der Waals surface area contributed by atoms with Gasteiger partial charge >= 0.3 is 17.8 Å². The lowest BCUT2D eigenvalue weighted by molar-refractivity contribution is -0.140. The predicted octanol–water partition coefficient (Wildman–Crippen LogP) is 1.83. The summed E-state index contributed by atoms with van der Waals surface area (Å²) >= 11 is 0. The van der Waals surface area contributed by atoms with Crippen LogP contribution in [0.2, 0.25) is 0 Å². The average molecular weight is 359 g/mol. The van der Waals surface area contributed by atoms with E-state index in [1.54, 1.807) is 6.92 Å². The van der Waals surface area contributed by atoms with Gasteiger partial charge < -0.3 is 15.0 Å². The van der Waals surface area contributed by atoms with Crippen LogP contribution in [-0.4, -0.2) is 50.7 Å². The number of nitrogens with zero attached hydrogens (tertiary/aromatic N) is 2. The van der Waals surface area contributed by atoms with Crippen molar-refractivity contribution in [1.29, 1.82) is 0 Å². The normalized spacial score (nSPS) is 11.7.